The summed E-state index contributed by atoms with van der Waals surface area (Å²) in [5.74, 6) is 0.355. The van der Waals surface area contributed by atoms with Crippen LogP contribution in [0.1, 0.15) is 101 Å². The van der Waals surface area contributed by atoms with E-state index in [1.54, 1.807) is 11.3 Å². The first kappa shape index (κ1) is 21.7. The number of thiophene rings is 1. The van der Waals surface area contributed by atoms with Crippen LogP contribution in [-0.4, -0.2) is 11.7 Å². The third kappa shape index (κ3) is 9.84. The van der Waals surface area contributed by atoms with Gasteiger partial charge in [0.15, 0.2) is 5.78 Å². The van der Waals surface area contributed by atoms with Gasteiger partial charge in [0.05, 0.1) is 11.8 Å². The Bertz CT molecular complexity index is 402. The highest BCUT2D eigenvalue weighted by atomic mass is 35.5. The quantitative estimate of drug-likeness (QED) is 0.215. The zero-order chi connectivity index (χ0) is 17.5. The zero-order valence-corrected chi connectivity index (χ0v) is 17.0. The first-order valence-electron chi connectivity index (χ1n) is 9.91. The van der Waals surface area contributed by atoms with Gasteiger partial charge in [0, 0.05) is 4.88 Å². The van der Waals surface area contributed by atoms with Crippen molar-refractivity contribution in [2.24, 2.45) is 0 Å². The van der Waals surface area contributed by atoms with Gasteiger partial charge in [-0.2, -0.15) is 0 Å². The average molecular weight is 371 g/mol. The predicted octanol–water partition coefficient (Wildman–Crippen LogP) is 7.73. The van der Waals surface area contributed by atoms with Crippen molar-refractivity contribution in [3.05, 3.63) is 22.4 Å². The third-order valence-electron chi connectivity index (χ3n) is 4.75. The van der Waals surface area contributed by atoms with Gasteiger partial charge in [0.2, 0.25) is 0 Å². The molecule has 0 spiro atoms. The molecule has 1 atom stereocenters. The van der Waals surface area contributed by atoms with Crippen molar-refractivity contribution in [2.45, 2.75) is 96.3 Å². The van der Waals surface area contributed by atoms with Crippen molar-refractivity contribution in [2.75, 3.05) is 5.88 Å². The Balaban J connectivity index is 1.99. The summed E-state index contributed by atoms with van der Waals surface area (Å²) in [6.07, 6.45) is 17.2. The lowest BCUT2D eigenvalue weighted by Gasteiger charge is -2.12. The van der Waals surface area contributed by atoms with Crippen molar-refractivity contribution in [3.8, 4) is 0 Å². The maximum Gasteiger partial charge on any atom is 0.155 e. The molecule has 1 aromatic rings. The first-order valence-corrected chi connectivity index (χ1v) is 11.3. The summed E-state index contributed by atoms with van der Waals surface area (Å²) >= 11 is 7.45. The van der Waals surface area contributed by atoms with Crippen LogP contribution in [0.15, 0.2) is 17.5 Å². The van der Waals surface area contributed by atoms with Crippen LogP contribution in [0.2, 0.25) is 0 Å². The Hall–Kier alpha value is -0.340. The van der Waals surface area contributed by atoms with Crippen LogP contribution in [0.4, 0.5) is 0 Å². The van der Waals surface area contributed by atoms with E-state index in [-0.39, 0.29) is 17.6 Å². The van der Waals surface area contributed by atoms with E-state index in [1.165, 1.54) is 75.5 Å². The standard InChI is InChI=1S/C21H35ClOS/c1-2-3-4-5-6-7-8-9-10-11-12-13-15-19(20(23)18-22)21-16-14-17-24-21/h14,16-17,19H,2-13,15,18H2,1H3. The number of ketones is 1. The largest absolute Gasteiger partial charge is 0.298 e. The minimum absolute atomic E-state index is 0.0330. The smallest absolute Gasteiger partial charge is 0.155 e. The molecule has 0 aliphatic rings. The first-order chi connectivity index (χ1) is 11.8. The lowest BCUT2D eigenvalue weighted by Crippen LogP contribution is -2.12. The topological polar surface area (TPSA) is 17.1 Å². The summed E-state index contributed by atoms with van der Waals surface area (Å²) < 4.78 is 0. The maximum absolute atomic E-state index is 12.0. The van der Waals surface area contributed by atoms with E-state index in [9.17, 15) is 4.79 Å². The molecule has 0 aliphatic carbocycles. The van der Waals surface area contributed by atoms with E-state index in [0.29, 0.717) is 0 Å². The molecule has 0 radical (unpaired) electrons. The molecule has 138 valence electrons. The van der Waals surface area contributed by atoms with Crippen LogP contribution in [0.3, 0.4) is 0 Å². The van der Waals surface area contributed by atoms with Gasteiger partial charge in [-0.25, -0.2) is 0 Å². The fraction of sp³-hybridized carbons (Fsp3) is 0.762. The zero-order valence-electron chi connectivity index (χ0n) is 15.4. The molecular weight excluding hydrogens is 336 g/mol. The second-order valence-corrected chi connectivity index (χ2v) is 8.09. The van der Waals surface area contributed by atoms with Gasteiger partial charge in [0.25, 0.3) is 0 Å². The third-order valence-corrected chi connectivity index (χ3v) is 6.00. The minimum Gasteiger partial charge on any atom is -0.298 e. The Morgan fingerprint density at radius 2 is 1.50 bits per heavy atom. The van der Waals surface area contributed by atoms with E-state index < -0.39 is 0 Å². The Kier molecular flexibility index (Phi) is 13.5. The highest BCUT2D eigenvalue weighted by Crippen LogP contribution is 2.28. The molecule has 0 saturated carbocycles. The highest BCUT2D eigenvalue weighted by molar-refractivity contribution is 7.10. The summed E-state index contributed by atoms with van der Waals surface area (Å²) in [7, 11) is 0. The van der Waals surface area contributed by atoms with Crippen LogP contribution in [-0.2, 0) is 4.79 Å². The van der Waals surface area contributed by atoms with E-state index in [1.807, 2.05) is 11.4 Å². The lowest BCUT2D eigenvalue weighted by atomic mass is 9.95. The second-order valence-electron chi connectivity index (χ2n) is 6.85. The number of unbranched alkanes of at least 4 members (excludes halogenated alkanes) is 11. The highest BCUT2D eigenvalue weighted by Gasteiger charge is 2.19. The molecule has 24 heavy (non-hydrogen) atoms. The Labute approximate surface area is 158 Å². The van der Waals surface area contributed by atoms with E-state index >= 15 is 0 Å². The van der Waals surface area contributed by atoms with Crippen LogP contribution in [0.5, 0.6) is 0 Å². The summed E-state index contributed by atoms with van der Waals surface area (Å²) in [5.41, 5.74) is 0. The molecule has 0 aliphatic heterocycles. The molecule has 0 saturated heterocycles. The number of hydrogen-bond donors (Lipinski definition) is 0. The van der Waals surface area contributed by atoms with Crippen molar-refractivity contribution in [3.63, 3.8) is 0 Å². The normalized spacial score (nSPS) is 12.4. The van der Waals surface area contributed by atoms with Crippen molar-refractivity contribution >= 4 is 28.7 Å². The summed E-state index contributed by atoms with van der Waals surface area (Å²) in [6.45, 7) is 2.27. The Morgan fingerprint density at radius 3 is 1.96 bits per heavy atom. The van der Waals surface area contributed by atoms with Crippen LogP contribution >= 0.6 is 22.9 Å². The minimum atomic E-state index is 0.0330. The number of carbonyl (C=O) groups excluding carboxylic acids is 1. The summed E-state index contributed by atoms with van der Waals surface area (Å²) in [5, 5.41) is 2.05. The SMILES string of the molecule is CCCCCCCCCCCCCCC(C(=O)CCl)c1cccs1. The van der Waals surface area contributed by atoms with Crippen molar-refractivity contribution in [1.29, 1.82) is 0 Å². The van der Waals surface area contributed by atoms with Gasteiger partial charge in [-0.05, 0) is 17.9 Å². The van der Waals surface area contributed by atoms with Gasteiger partial charge >= 0.3 is 0 Å². The number of alkyl halides is 1. The predicted molar refractivity (Wildman–Crippen MR) is 108 cm³/mol. The van der Waals surface area contributed by atoms with Gasteiger partial charge in [-0.1, -0.05) is 90.0 Å². The van der Waals surface area contributed by atoms with Gasteiger partial charge < -0.3 is 0 Å². The van der Waals surface area contributed by atoms with E-state index in [2.05, 4.69) is 13.0 Å². The van der Waals surface area contributed by atoms with Gasteiger partial charge in [0.1, 0.15) is 0 Å². The number of halogens is 1. The summed E-state index contributed by atoms with van der Waals surface area (Å²) in [6, 6.07) is 4.09. The van der Waals surface area contributed by atoms with Crippen LogP contribution < -0.4 is 0 Å². The molecule has 0 N–H and O–H groups in total. The van der Waals surface area contributed by atoms with E-state index in [4.69, 9.17) is 11.6 Å². The molecule has 0 fully saturated rings. The molecule has 0 aromatic carbocycles. The number of hydrogen-bond acceptors (Lipinski definition) is 2. The van der Waals surface area contributed by atoms with Gasteiger partial charge in [-0.3, -0.25) is 4.79 Å². The molecule has 0 bridgehead atoms. The molecule has 3 heteroatoms. The fourth-order valence-electron chi connectivity index (χ4n) is 3.23. The molecule has 1 rings (SSSR count). The van der Waals surface area contributed by atoms with E-state index in [0.717, 1.165) is 12.8 Å². The summed E-state index contributed by atoms with van der Waals surface area (Å²) in [4.78, 5) is 13.2. The average Bonchev–Trinajstić information content (AvgIpc) is 3.12. The second kappa shape index (κ2) is 15.0. The lowest BCUT2D eigenvalue weighted by molar-refractivity contribution is -0.118. The molecule has 1 heterocycles. The van der Waals surface area contributed by atoms with Crippen molar-refractivity contribution in [1.82, 2.24) is 0 Å². The Morgan fingerprint density at radius 1 is 0.958 bits per heavy atom. The maximum atomic E-state index is 12.0. The number of Topliss-reactive ketones (excluding diaryl/α,β-unsaturated/α-hetero) is 1. The van der Waals surface area contributed by atoms with Crippen LogP contribution in [0.25, 0.3) is 0 Å². The monoisotopic (exact) mass is 370 g/mol. The molecule has 1 unspecified atom stereocenters. The molecule has 0 amide bonds. The number of rotatable bonds is 16. The van der Waals surface area contributed by atoms with Crippen LogP contribution in [0, 0.1) is 0 Å². The molecular formula is C21H35ClOS. The molecule has 1 nitrogen and oxygen atoms in total. The number of carbonyl (C=O) groups is 1. The fourth-order valence-corrected chi connectivity index (χ4v) is 4.31. The van der Waals surface area contributed by atoms with Gasteiger partial charge in [-0.15, -0.1) is 22.9 Å². The van der Waals surface area contributed by atoms with Crippen molar-refractivity contribution < 1.29 is 4.79 Å². The molecule has 1 aromatic heterocycles.